The van der Waals surface area contributed by atoms with Crippen LogP contribution in [0.5, 0.6) is 0 Å². The van der Waals surface area contributed by atoms with E-state index in [0.717, 1.165) is 31.5 Å². The Morgan fingerprint density at radius 3 is 2.95 bits per heavy atom. The highest BCUT2D eigenvalue weighted by molar-refractivity contribution is 5.31. The average molecular weight is 257 g/mol. The van der Waals surface area contributed by atoms with Crippen molar-refractivity contribution in [2.24, 2.45) is 5.73 Å². The summed E-state index contributed by atoms with van der Waals surface area (Å²) >= 11 is 0. The Morgan fingerprint density at radius 1 is 1.37 bits per heavy atom. The SMILES string of the molecule is CCC(N)c1nc(C2CCc3ccccc3C2)no1. The van der Waals surface area contributed by atoms with Crippen molar-refractivity contribution >= 4 is 0 Å². The number of aromatic nitrogens is 2. The molecule has 0 saturated carbocycles. The number of nitrogens with zero attached hydrogens (tertiary/aromatic N) is 2. The van der Waals surface area contributed by atoms with E-state index in [0.29, 0.717) is 11.8 Å². The molecule has 100 valence electrons. The molecule has 1 aliphatic rings. The lowest BCUT2D eigenvalue weighted by Crippen LogP contribution is -2.14. The van der Waals surface area contributed by atoms with Crippen molar-refractivity contribution in [3.05, 3.63) is 47.1 Å². The highest BCUT2D eigenvalue weighted by atomic mass is 16.5. The van der Waals surface area contributed by atoms with E-state index in [9.17, 15) is 0 Å². The maximum absolute atomic E-state index is 5.92. The Hall–Kier alpha value is -1.68. The molecule has 0 saturated heterocycles. The minimum Gasteiger partial charge on any atom is -0.338 e. The molecule has 1 aromatic heterocycles. The Kier molecular flexibility index (Phi) is 3.34. The van der Waals surface area contributed by atoms with Crippen molar-refractivity contribution in [1.29, 1.82) is 0 Å². The lowest BCUT2D eigenvalue weighted by atomic mass is 9.83. The van der Waals surface area contributed by atoms with Crippen molar-refractivity contribution in [2.45, 2.75) is 44.6 Å². The number of nitrogens with two attached hydrogens (primary N) is 1. The summed E-state index contributed by atoms with van der Waals surface area (Å²) in [7, 11) is 0. The number of fused-ring (bicyclic) bond motifs is 1. The van der Waals surface area contributed by atoms with Crippen molar-refractivity contribution in [2.75, 3.05) is 0 Å². The Bertz CT molecular complexity index is 564. The average Bonchev–Trinajstić information content (AvgIpc) is 2.95. The third-order valence-corrected chi connectivity index (χ3v) is 3.93. The zero-order valence-corrected chi connectivity index (χ0v) is 11.2. The molecule has 0 bridgehead atoms. The van der Waals surface area contributed by atoms with Gasteiger partial charge in [0.2, 0.25) is 5.89 Å². The zero-order valence-electron chi connectivity index (χ0n) is 11.2. The predicted octanol–water partition coefficient (Wildman–Crippen LogP) is 2.75. The molecule has 2 unspecified atom stereocenters. The van der Waals surface area contributed by atoms with E-state index < -0.39 is 0 Å². The lowest BCUT2D eigenvalue weighted by Gasteiger charge is -2.21. The van der Waals surface area contributed by atoms with E-state index in [1.807, 2.05) is 6.92 Å². The van der Waals surface area contributed by atoms with E-state index in [4.69, 9.17) is 10.3 Å². The molecule has 19 heavy (non-hydrogen) atoms. The van der Waals surface area contributed by atoms with Gasteiger partial charge in [-0.15, -0.1) is 0 Å². The quantitative estimate of drug-likeness (QED) is 0.918. The van der Waals surface area contributed by atoms with Crippen LogP contribution < -0.4 is 5.73 Å². The van der Waals surface area contributed by atoms with Crippen LogP contribution in [0.2, 0.25) is 0 Å². The fraction of sp³-hybridized carbons (Fsp3) is 0.467. The maximum atomic E-state index is 5.92. The molecule has 0 fully saturated rings. The molecule has 1 heterocycles. The van der Waals surface area contributed by atoms with Crippen LogP contribution >= 0.6 is 0 Å². The fourth-order valence-electron chi connectivity index (χ4n) is 2.66. The fourth-order valence-corrected chi connectivity index (χ4v) is 2.66. The molecule has 2 aromatic rings. The van der Waals surface area contributed by atoms with E-state index in [-0.39, 0.29) is 6.04 Å². The van der Waals surface area contributed by atoms with Gasteiger partial charge in [0.25, 0.3) is 0 Å². The molecule has 3 rings (SSSR count). The van der Waals surface area contributed by atoms with Gasteiger partial charge >= 0.3 is 0 Å². The summed E-state index contributed by atoms with van der Waals surface area (Å²) in [5.41, 5.74) is 8.78. The number of aryl methyl sites for hydroxylation is 1. The zero-order chi connectivity index (χ0) is 13.2. The first kappa shape index (κ1) is 12.4. The van der Waals surface area contributed by atoms with Gasteiger partial charge in [0.15, 0.2) is 5.82 Å². The lowest BCUT2D eigenvalue weighted by molar-refractivity contribution is 0.344. The normalized spacial score (nSPS) is 20.0. The van der Waals surface area contributed by atoms with Crippen molar-refractivity contribution in [3.8, 4) is 0 Å². The first-order valence-corrected chi connectivity index (χ1v) is 6.93. The largest absolute Gasteiger partial charge is 0.338 e. The second kappa shape index (κ2) is 5.13. The van der Waals surface area contributed by atoms with Gasteiger partial charge in [-0.2, -0.15) is 4.98 Å². The van der Waals surface area contributed by atoms with Gasteiger partial charge in [-0.1, -0.05) is 36.3 Å². The van der Waals surface area contributed by atoms with Crippen molar-refractivity contribution in [1.82, 2.24) is 10.1 Å². The van der Waals surface area contributed by atoms with Gasteiger partial charge in [0.05, 0.1) is 6.04 Å². The third-order valence-electron chi connectivity index (χ3n) is 3.93. The molecule has 2 atom stereocenters. The minimum atomic E-state index is -0.142. The molecular formula is C15H19N3O. The molecule has 0 amide bonds. The predicted molar refractivity (Wildman–Crippen MR) is 72.7 cm³/mol. The number of benzene rings is 1. The molecule has 0 aliphatic heterocycles. The van der Waals surface area contributed by atoms with Gasteiger partial charge < -0.3 is 10.3 Å². The summed E-state index contributed by atoms with van der Waals surface area (Å²) in [5.74, 6) is 1.74. The van der Waals surface area contributed by atoms with E-state index in [1.54, 1.807) is 0 Å². The molecule has 0 spiro atoms. The molecule has 4 nitrogen and oxygen atoms in total. The van der Waals surface area contributed by atoms with Gasteiger partial charge in [-0.3, -0.25) is 0 Å². The van der Waals surface area contributed by atoms with Crippen LogP contribution in [-0.2, 0) is 12.8 Å². The monoisotopic (exact) mass is 257 g/mol. The van der Waals surface area contributed by atoms with E-state index >= 15 is 0 Å². The topological polar surface area (TPSA) is 64.9 Å². The molecule has 1 aromatic carbocycles. The molecule has 2 N–H and O–H groups in total. The van der Waals surface area contributed by atoms with Crippen molar-refractivity contribution < 1.29 is 4.52 Å². The molecular weight excluding hydrogens is 238 g/mol. The van der Waals surface area contributed by atoms with Crippen LogP contribution in [0, 0.1) is 0 Å². The molecule has 1 aliphatic carbocycles. The van der Waals surface area contributed by atoms with Crippen LogP contribution in [0.25, 0.3) is 0 Å². The number of rotatable bonds is 3. The Labute approximate surface area is 113 Å². The second-order valence-corrected chi connectivity index (χ2v) is 5.21. The van der Waals surface area contributed by atoms with Crippen LogP contribution in [0.3, 0.4) is 0 Å². The van der Waals surface area contributed by atoms with Crippen LogP contribution in [-0.4, -0.2) is 10.1 Å². The highest BCUT2D eigenvalue weighted by Gasteiger charge is 2.24. The summed E-state index contributed by atoms with van der Waals surface area (Å²) in [6.45, 7) is 2.02. The van der Waals surface area contributed by atoms with Crippen molar-refractivity contribution in [3.63, 3.8) is 0 Å². The summed E-state index contributed by atoms with van der Waals surface area (Å²) in [6, 6.07) is 8.46. The Balaban J connectivity index is 1.79. The highest BCUT2D eigenvalue weighted by Crippen LogP contribution is 2.31. The first-order chi connectivity index (χ1) is 9.28. The van der Waals surface area contributed by atoms with Gasteiger partial charge in [0.1, 0.15) is 0 Å². The first-order valence-electron chi connectivity index (χ1n) is 6.93. The van der Waals surface area contributed by atoms with Gasteiger partial charge in [0, 0.05) is 5.92 Å². The minimum absolute atomic E-state index is 0.142. The van der Waals surface area contributed by atoms with Crippen LogP contribution in [0.1, 0.15) is 54.6 Å². The summed E-state index contributed by atoms with van der Waals surface area (Å²) in [4.78, 5) is 4.47. The summed E-state index contributed by atoms with van der Waals surface area (Å²) < 4.78 is 5.27. The van der Waals surface area contributed by atoms with E-state index in [2.05, 4.69) is 34.4 Å². The van der Waals surface area contributed by atoms with Gasteiger partial charge in [-0.25, -0.2) is 0 Å². The summed E-state index contributed by atoms with van der Waals surface area (Å²) in [6.07, 6.45) is 3.98. The number of hydrogen-bond acceptors (Lipinski definition) is 4. The number of hydrogen-bond donors (Lipinski definition) is 1. The standard InChI is InChI=1S/C15H19N3O/c1-2-13(16)15-17-14(18-19-15)12-8-7-10-5-3-4-6-11(10)9-12/h3-6,12-13H,2,7-9,16H2,1H3. The molecule has 0 radical (unpaired) electrons. The van der Waals surface area contributed by atoms with Crippen LogP contribution in [0.4, 0.5) is 0 Å². The maximum Gasteiger partial charge on any atom is 0.243 e. The third kappa shape index (κ3) is 2.40. The molecule has 4 heteroatoms. The summed E-state index contributed by atoms with van der Waals surface area (Å²) in [5, 5.41) is 4.12. The second-order valence-electron chi connectivity index (χ2n) is 5.21. The van der Waals surface area contributed by atoms with E-state index in [1.165, 1.54) is 11.1 Å². The van der Waals surface area contributed by atoms with Crippen LogP contribution in [0.15, 0.2) is 28.8 Å². The van der Waals surface area contributed by atoms with Gasteiger partial charge in [-0.05, 0) is 36.8 Å². The smallest absolute Gasteiger partial charge is 0.243 e. The Morgan fingerprint density at radius 2 is 2.16 bits per heavy atom.